The fraction of sp³-hybridized carbons (Fsp3) is 0.412. The van der Waals surface area contributed by atoms with Gasteiger partial charge in [-0.25, -0.2) is 4.90 Å². The molecule has 4 rings (SSSR count). The summed E-state index contributed by atoms with van der Waals surface area (Å²) in [6, 6.07) is 6.88. The Morgan fingerprint density at radius 1 is 1.25 bits per heavy atom. The number of benzene rings is 1. The Kier molecular flexibility index (Phi) is 3.04. The Morgan fingerprint density at radius 3 is 2.54 bits per heavy atom. The Morgan fingerprint density at radius 2 is 1.92 bits per heavy atom. The quantitative estimate of drug-likeness (QED) is 0.495. The lowest BCUT2D eigenvalue weighted by Crippen LogP contribution is -2.46. The number of nitrogens with zero attached hydrogens (tertiary/aromatic N) is 2. The maximum Gasteiger partial charge on any atom is 0.241 e. The van der Waals surface area contributed by atoms with E-state index in [9.17, 15) is 14.4 Å². The zero-order valence-corrected chi connectivity index (χ0v) is 15.2. The lowest BCUT2D eigenvalue weighted by molar-refractivity contribution is -0.139. The van der Waals surface area contributed by atoms with Gasteiger partial charge in [0.2, 0.25) is 11.8 Å². The molecule has 0 spiro atoms. The second kappa shape index (κ2) is 4.64. The molecule has 1 aromatic rings. The van der Waals surface area contributed by atoms with Crippen molar-refractivity contribution in [3.8, 4) is 6.07 Å². The number of ether oxygens (including phenoxy) is 1. The van der Waals surface area contributed by atoms with Crippen molar-refractivity contribution in [3.63, 3.8) is 0 Å². The molecule has 3 heterocycles. The van der Waals surface area contributed by atoms with Crippen LogP contribution in [0.4, 0.5) is 5.69 Å². The maximum absolute atomic E-state index is 13.0. The van der Waals surface area contributed by atoms with E-state index in [0.29, 0.717) is 14.8 Å². The fourth-order valence-electron chi connectivity index (χ4n) is 4.31. The van der Waals surface area contributed by atoms with Crippen molar-refractivity contribution in [2.75, 3.05) is 4.90 Å². The first-order valence-electron chi connectivity index (χ1n) is 7.54. The molecule has 2 amide bonds. The number of nitriles is 1. The number of hydrogen-bond donors (Lipinski definition) is 0. The van der Waals surface area contributed by atoms with Crippen molar-refractivity contribution in [2.45, 2.75) is 31.5 Å². The average molecular weight is 436 g/mol. The van der Waals surface area contributed by atoms with E-state index in [4.69, 9.17) is 10.00 Å². The third-order valence-electron chi connectivity index (χ3n) is 5.40. The molecule has 6 nitrogen and oxygen atoms in total. The van der Waals surface area contributed by atoms with Gasteiger partial charge in [-0.15, -0.1) is 0 Å². The Labute approximate surface area is 151 Å². The minimum atomic E-state index is -1.22. The molecule has 3 aliphatic rings. The van der Waals surface area contributed by atoms with Crippen molar-refractivity contribution in [3.05, 3.63) is 27.3 Å². The summed E-state index contributed by atoms with van der Waals surface area (Å²) in [5.74, 6) is -2.26. The van der Waals surface area contributed by atoms with Gasteiger partial charge in [-0.1, -0.05) is 0 Å². The smallest absolute Gasteiger partial charge is 0.241 e. The summed E-state index contributed by atoms with van der Waals surface area (Å²) >= 11 is 2.00. The predicted molar refractivity (Wildman–Crippen MR) is 90.9 cm³/mol. The Hall–Kier alpha value is -1.79. The second-order valence-corrected chi connectivity index (χ2v) is 8.03. The number of Topliss-reactive ketones (excluding diaryl/α,β-unsaturated/α-hetero) is 1. The summed E-state index contributed by atoms with van der Waals surface area (Å²) in [5.41, 5.74) is -1.23. The first kappa shape index (κ1) is 15.7. The van der Waals surface area contributed by atoms with Gasteiger partial charge >= 0.3 is 0 Å². The van der Waals surface area contributed by atoms with Crippen LogP contribution in [0.3, 0.4) is 0 Å². The molecule has 0 saturated carbocycles. The highest BCUT2D eigenvalue weighted by atomic mass is 127. The fourth-order valence-corrected chi connectivity index (χ4v) is 4.93. The monoisotopic (exact) mass is 436 g/mol. The van der Waals surface area contributed by atoms with Crippen LogP contribution in [0.5, 0.6) is 0 Å². The van der Waals surface area contributed by atoms with Crippen LogP contribution in [0.15, 0.2) is 18.2 Å². The molecule has 4 atom stereocenters. The molecule has 0 aliphatic carbocycles. The topological polar surface area (TPSA) is 87.5 Å². The van der Waals surface area contributed by atoms with Crippen molar-refractivity contribution in [1.29, 1.82) is 5.26 Å². The summed E-state index contributed by atoms with van der Waals surface area (Å²) in [7, 11) is 0. The van der Waals surface area contributed by atoms with E-state index >= 15 is 0 Å². The molecule has 0 radical (unpaired) electrons. The van der Waals surface area contributed by atoms with E-state index in [1.165, 1.54) is 0 Å². The van der Waals surface area contributed by atoms with E-state index < -0.39 is 28.9 Å². The van der Waals surface area contributed by atoms with E-state index in [-0.39, 0.29) is 18.1 Å². The number of halogens is 1. The molecular formula is C17H13IN2O4. The molecule has 3 aliphatic heterocycles. The van der Waals surface area contributed by atoms with Gasteiger partial charge in [-0.2, -0.15) is 5.26 Å². The van der Waals surface area contributed by atoms with E-state index in [2.05, 4.69) is 6.07 Å². The van der Waals surface area contributed by atoms with Crippen LogP contribution in [0, 0.1) is 26.7 Å². The summed E-state index contributed by atoms with van der Waals surface area (Å²) in [6.07, 6.45) is 0.155. The highest BCUT2D eigenvalue weighted by molar-refractivity contribution is 14.1. The molecule has 0 N–H and O–H groups in total. The van der Waals surface area contributed by atoms with Gasteiger partial charge in [0.05, 0.1) is 28.7 Å². The molecule has 2 bridgehead atoms. The zero-order valence-electron chi connectivity index (χ0n) is 13.0. The molecular weight excluding hydrogens is 423 g/mol. The Bertz CT molecular complexity index is 876. The number of carbonyl (C=O) groups is 3. The predicted octanol–water partition coefficient (Wildman–Crippen LogP) is 1.79. The minimum absolute atomic E-state index is 0.122. The summed E-state index contributed by atoms with van der Waals surface area (Å²) in [6.45, 7) is 3.35. The van der Waals surface area contributed by atoms with Crippen LogP contribution in [-0.2, 0) is 19.1 Å². The normalized spacial score (nSPS) is 37.1. The number of fused-ring (bicyclic) bond motifs is 5. The van der Waals surface area contributed by atoms with Gasteiger partial charge in [0, 0.05) is 9.99 Å². The summed E-state index contributed by atoms with van der Waals surface area (Å²) in [5, 5.41) is 9.03. The number of hydrogen-bond acceptors (Lipinski definition) is 5. The van der Waals surface area contributed by atoms with Crippen molar-refractivity contribution in [1.82, 2.24) is 0 Å². The molecule has 122 valence electrons. The molecule has 24 heavy (non-hydrogen) atoms. The second-order valence-electron chi connectivity index (χ2n) is 6.86. The lowest BCUT2D eigenvalue weighted by atomic mass is 9.68. The number of rotatable bonds is 1. The third kappa shape index (κ3) is 1.70. The van der Waals surface area contributed by atoms with E-state index in [1.807, 2.05) is 22.6 Å². The number of imide groups is 1. The number of carbonyl (C=O) groups excluding carboxylic acids is 3. The number of ketones is 1. The highest BCUT2D eigenvalue weighted by Gasteiger charge is 2.76. The highest BCUT2D eigenvalue weighted by Crippen LogP contribution is 2.59. The van der Waals surface area contributed by atoms with Crippen LogP contribution in [0.2, 0.25) is 0 Å². The molecule has 4 unspecified atom stereocenters. The van der Waals surface area contributed by atoms with Gasteiger partial charge < -0.3 is 4.74 Å². The third-order valence-corrected chi connectivity index (χ3v) is 6.29. The standard InChI is InChI=1S/C17H13IN2O4/c1-16-6-11(21)17(2,24-16)13-12(16)14(22)20(15(13)23)9-4-3-8(7-19)10(18)5-9/h3-5,12-13H,6H2,1-2H3. The van der Waals surface area contributed by atoms with Gasteiger partial charge in [0.1, 0.15) is 11.7 Å². The Balaban J connectivity index is 1.81. The largest absolute Gasteiger partial charge is 0.359 e. The van der Waals surface area contributed by atoms with Crippen LogP contribution < -0.4 is 4.90 Å². The number of anilines is 1. The van der Waals surface area contributed by atoms with Gasteiger partial charge in [-0.3, -0.25) is 14.4 Å². The summed E-state index contributed by atoms with van der Waals surface area (Å²) in [4.78, 5) is 39.3. The molecule has 7 heteroatoms. The molecule has 0 aromatic heterocycles. The van der Waals surface area contributed by atoms with E-state index in [1.54, 1.807) is 32.0 Å². The van der Waals surface area contributed by atoms with E-state index in [0.717, 1.165) is 4.90 Å². The average Bonchev–Trinajstić information content (AvgIpc) is 3.01. The lowest BCUT2D eigenvalue weighted by Gasteiger charge is -2.26. The van der Waals surface area contributed by atoms with Crippen LogP contribution in [-0.4, -0.2) is 28.8 Å². The molecule has 1 aromatic carbocycles. The van der Waals surface area contributed by atoms with Crippen LogP contribution >= 0.6 is 22.6 Å². The molecule has 3 saturated heterocycles. The van der Waals surface area contributed by atoms with Crippen LogP contribution in [0.1, 0.15) is 25.8 Å². The summed E-state index contributed by atoms with van der Waals surface area (Å²) < 4.78 is 6.51. The SMILES string of the molecule is CC12CC(=O)C(C)(O1)C1C(=O)N(c3ccc(C#N)c(I)c3)C(=O)C12. The van der Waals surface area contributed by atoms with Crippen molar-refractivity contribution >= 4 is 45.9 Å². The van der Waals surface area contributed by atoms with Gasteiger partial charge in [0.15, 0.2) is 5.78 Å². The molecule has 3 fully saturated rings. The van der Waals surface area contributed by atoms with Crippen LogP contribution in [0.25, 0.3) is 0 Å². The first-order valence-corrected chi connectivity index (χ1v) is 8.62. The van der Waals surface area contributed by atoms with Gasteiger partial charge in [-0.05, 0) is 54.6 Å². The number of amides is 2. The van der Waals surface area contributed by atoms with Crippen molar-refractivity contribution in [2.24, 2.45) is 11.8 Å². The zero-order chi connectivity index (χ0) is 17.4. The first-order chi connectivity index (χ1) is 11.2. The van der Waals surface area contributed by atoms with Crippen molar-refractivity contribution < 1.29 is 19.1 Å². The van der Waals surface area contributed by atoms with Gasteiger partial charge in [0.25, 0.3) is 0 Å². The maximum atomic E-state index is 13.0. The minimum Gasteiger partial charge on any atom is -0.359 e.